The molecule has 2 heterocycles. The fraction of sp³-hybridized carbons (Fsp3) is 0.429. The molecule has 5 heteroatoms. The van der Waals surface area contributed by atoms with E-state index in [1.807, 2.05) is 4.57 Å². The van der Waals surface area contributed by atoms with E-state index in [0.29, 0.717) is 17.1 Å². The number of nitrogens with zero attached hydrogens (tertiary/aromatic N) is 2. The van der Waals surface area contributed by atoms with Crippen LogP contribution in [0, 0.1) is 0 Å². The molecule has 1 aromatic rings. The smallest absolute Gasteiger partial charge is 0.254 e. The van der Waals surface area contributed by atoms with Gasteiger partial charge >= 0.3 is 0 Å². The van der Waals surface area contributed by atoms with Crippen molar-refractivity contribution in [2.24, 2.45) is 16.5 Å². The number of hydrogen-bond acceptors (Lipinski definition) is 3. The van der Waals surface area contributed by atoms with Gasteiger partial charge in [-0.15, -0.1) is 0 Å². The molecule has 1 aliphatic heterocycles. The molecular weight excluding hydrogens is 240 g/mol. The van der Waals surface area contributed by atoms with Crippen LogP contribution >= 0.6 is 0 Å². The molecule has 0 aromatic carbocycles. The summed E-state index contributed by atoms with van der Waals surface area (Å²) in [5.41, 5.74) is 15.8. The van der Waals surface area contributed by atoms with Crippen LogP contribution in [0.25, 0.3) is 5.82 Å². The van der Waals surface area contributed by atoms with Crippen molar-refractivity contribution in [3.05, 3.63) is 28.6 Å². The summed E-state index contributed by atoms with van der Waals surface area (Å²) in [7, 11) is 1.65. The summed E-state index contributed by atoms with van der Waals surface area (Å²) >= 11 is 0. The monoisotopic (exact) mass is 260 g/mol. The molecule has 0 saturated heterocycles. The van der Waals surface area contributed by atoms with Crippen LogP contribution in [0.4, 0.5) is 0 Å². The predicted molar refractivity (Wildman–Crippen MR) is 76.9 cm³/mol. The van der Waals surface area contributed by atoms with Gasteiger partial charge in [0.1, 0.15) is 11.4 Å². The molecule has 0 unspecified atom stereocenters. The number of primary amides is 1. The highest BCUT2D eigenvalue weighted by Gasteiger charge is 2.32. The van der Waals surface area contributed by atoms with Crippen LogP contribution in [0.15, 0.2) is 16.6 Å². The molecule has 5 nitrogen and oxygen atoms in total. The van der Waals surface area contributed by atoms with E-state index in [1.165, 1.54) is 5.56 Å². The second kappa shape index (κ2) is 4.91. The van der Waals surface area contributed by atoms with Crippen LogP contribution < -0.4 is 11.5 Å². The molecule has 102 valence electrons. The summed E-state index contributed by atoms with van der Waals surface area (Å²) < 4.78 is 1.94. The third kappa shape index (κ3) is 1.85. The Labute approximate surface area is 113 Å². The minimum atomic E-state index is -0.526. The SMILES string of the molecule is CCCc1c(CC)cc2n1C(N)=C(C(N)=O)C2=NC. The van der Waals surface area contributed by atoms with E-state index < -0.39 is 5.91 Å². The largest absolute Gasteiger partial charge is 0.384 e. The van der Waals surface area contributed by atoms with Gasteiger partial charge in [0.25, 0.3) is 5.91 Å². The first-order chi connectivity index (χ1) is 9.06. The Balaban J connectivity index is 2.71. The molecule has 0 atom stereocenters. The molecule has 1 amide bonds. The van der Waals surface area contributed by atoms with Crippen LogP contribution in [-0.2, 0) is 17.6 Å². The van der Waals surface area contributed by atoms with Crippen LogP contribution in [0.1, 0.15) is 37.2 Å². The topological polar surface area (TPSA) is 86.4 Å². The van der Waals surface area contributed by atoms with Crippen LogP contribution in [0.2, 0.25) is 0 Å². The quantitative estimate of drug-likeness (QED) is 0.847. The number of carbonyl (C=O) groups is 1. The van der Waals surface area contributed by atoms with E-state index in [0.717, 1.165) is 30.7 Å². The van der Waals surface area contributed by atoms with Crippen molar-refractivity contribution >= 4 is 17.4 Å². The molecule has 0 fully saturated rings. The van der Waals surface area contributed by atoms with Gasteiger partial charge in [0, 0.05) is 12.7 Å². The second-order valence-corrected chi connectivity index (χ2v) is 4.64. The average Bonchev–Trinajstić information content (AvgIpc) is 2.85. The van der Waals surface area contributed by atoms with Crippen molar-refractivity contribution in [1.82, 2.24) is 4.57 Å². The van der Waals surface area contributed by atoms with Crippen molar-refractivity contribution in [1.29, 1.82) is 0 Å². The molecule has 1 aliphatic rings. The Morgan fingerprint density at radius 2 is 2.11 bits per heavy atom. The van der Waals surface area contributed by atoms with Crippen LogP contribution in [0.5, 0.6) is 0 Å². The van der Waals surface area contributed by atoms with E-state index in [4.69, 9.17) is 11.5 Å². The summed E-state index contributed by atoms with van der Waals surface area (Å²) in [4.78, 5) is 15.7. The maximum atomic E-state index is 11.6. The summed E-state index contributed by atoms with van der Waals surface area (Å²) in [6.07, 6.45) is 2.88. The highest BCUT2D eigenvalue weighted by molar-refractivity contribution is 6.32. The minimum absolute atomic E-state index is 0.331. The van der Waals surface area contributed by atoms with Gasteiger partial charge in [-0.1, -0.05) is 20.3 Å². The minimum Gasteiger partial charge on any atom is -0.384 e. The molecule has 19 heavy (non-hydrogen) atoms. The van der Waals surface area contributed by atoms with Crippen LogP contribution in [0.3, 0.4) is 0 Å². The number of aliphatic imine (C=N–C) groups is 1. The van der Waals surface area contributed by atoms with Gasteiger partial charge in [0.2, 0.25) is 0 Å². The van der Waals surface area contributed by atoms with E-state index >= 15 is 0 Å². The zero-order valence-electron chi connectivity index (χ0n) is 11.7. The summed E-state index contributed by atoms with van der Waals surface area (Å²) in [6, 6.07) is 2.07. The van der Waals surface area contributed by atoms with Crippen LogP contribution in [-0.4, -0.2) is 23.2 Å². The molecule has 0 bridgehead atoms. The highest BCUT2D eigenvalue weighted by atomic mass is 16.1. The Morgan fingerprint density at radius 1 is 1.42 bits per heavy atom. The van der Waals surface area contributed by atoms with Crippen molar-refractivity contribution in [2.75, 3.05) is 7.05 Å². The fourth-order valence-electron chi connectivity index (χ4n) is 2.70. The maximum Gasteiger partial charge on any atom is 0.254 e. The highest BCUT2D eigenvalue weighted by Crippen LogP contribution is 2.30. The average molecular weight is 260 g/mol. The molecule has 2 rings (SSSR count). The number of amides is 1. The predicted octanol–water partition coefficient (Wildman–Crippen LogP) is 1.05. The number of aryl methyl sites for hydroxylation is 1. The first-order valence-electron chi connectivity index (χ1n) is 6.57. The summed E-state index contributed by atoms with van der Waals surface area (Å²) in [5, 5.41) is 0. The van der Waals surface area contributed by atoms with Crippen molar-refractivity contribution in [3.8, 4) is 0 Å². The Bertz CT molecular complexity index is 593. The van der Waals surface area contributed by atoms with E-state index in [2.05, 4.69) is 24.9 Å². The third-order valence-corrected chi connectivity index (χ3v) is 3.51. The Kier molecular flexibility index (Phi) is 3.46. The lowest BCUT2D eigenvalue weighted by Gasteiger charge is -2.09. The molecular formula is C14H20N4O. The molecule has 0 saturated carbocycles. The molecule has 0 aliphatic carbocycles. The molecule has 1 aromatic heterocycles. The van der Waals surface area contributed by atoms with Gasteiger partial charge in [-0.05, 0) is 24.5 Å². The second-order valence-electron chi connectivity index (χ2n) is 4.64. The van der Waals surface area contributed by atoms with Gasteiger partial charge in [-0.3, -0.25) is 14.4 Å². The number of nitrogens with two attached hydrogens (primary N) is 2. The van der Waals surface area contributed by atoms with Gasteiger partial charge in [0.05, 0.1) is 11.4 Å². The number of hydrogen-bond donors (Lipinski definition) is 2. The van der Waals surface area contributed by atoms with Crippen molar-refractivity contribution in [2.45, 2.75) is 33.1 Å². The summed E-state index contributed by atoms with van der Waals surface area (Å²) in [6.45, 7) is 4.24. The summed E-state index contributed by atoms with van der Waals surface area (Å²) in [5.74, 6) is -0.117. The molecule has 0 spiro atoms. The lowest BCUT2D eigenvalue weighted by atomic mass is 10.1. The Morgan fingerprint density at radius 3 is 2.58 bits per heavy atom. The van der Waals surface area contributed by atoms with Gasteiger partial charge in [0.15, 0.2) is 0 Å². The van der Waals surface area contributed by atoms with Gasteiger partial charge < -0.3 is 11.5 Å². The van der Waals surface area contributed by atoms with E-state index in [-0.39, 0.29) is 0 Å². The van der Waals surface area contributed by atoms with Crippen molar-refractivity contribution in [3.63, 3.8) is 0 Å². The fourth-order valence-corrected chi connectivity index (χ4v) is 2.70. The Hall–Kier alpha value is -2.04. The van der Waals surface area contributed by atoms with Gasteiger partial charge in [-0.25, -0.2) is 0 Å². The zero-order valence-corrected chi connectivity index (χ0v) is 11.7. The zero-order chi connectivity index (χ0) is 14.2. The van der Waals surface area contributed by atoms with E-state index in [1.54, 1.807) is 7.05 Å². The normalized spacial score (nSPS) is 16.3. The maximum absolute atomic E-state index is 11.6. The molecule has 4 N–H and O–H groups in total. The lowest BCUT2D eigenvalue weighted by molar-refractivity contribution is -0.114. The number of carbonyl (C=O) groups excluding carboxylic acids is 1. The first kappa shape index (κ1) is 13.4. The van der Waals surface area contributed by atoms with E-state index in [9.17, 15) is 4.79 Å². The lowest BCUT2D eigenvalue weighted by Crippen LogP contribution is -2.21. The van der Waals surface area contributed by atoms with Gasteiger partial charge in [-0.2, -0.15) is 0 Å². The molecule has 0 radical (unpaired) electrons. The first-order valence-corrected chi connectivity index (χ1v) is 6.57. The van der Waals surface area contributed by atoms with Crippen molar-refractivity contribution < 1.29 is 4.79 Å². The third-order valence-electron chi connectivity index (χ3n) is 3.51. The number of fused-ring (bicyclic) bond motifs is 1. The number of aromatic nitrogens is 1. The number of rotatable bonds is 4. The standard InChI is InChI=1S/C14H20N4O/c1-4-6-9-8(5-2)7-10-12(17-3)11(14(16)19)13(15)18(9)10/h7H,4-6,15H2,1-3H3,(H2,16,19).